The van der Waals surface area contributed by atoms with Gasteiger partial charge < -0.3 is 19.0 Å². The lowest BCUT2D eigenvalue weighted by molar-refractivity contribution is 0.0612. The third-order valence-electron chi connectivity index (χ3n) is 4.23. The van der Waals surface area contributed by atoms with Crippen LogP contribution in [0.25, 0.3) is 0 Å². The van der Waals surface area contributed by atoms with Crippen molar-refractivity contribution in [3.05, 3.63) is 0 Å². The summed E-state index contributed by atoms with van der Waals surface area (Å²) in [6.07, 6.45) is 11.5. The second-order valence-corrected chi connectivity index (χ2v) is 9.27. The normalized spacial score (nSPS) is 13.4. The molecule has 0 fully saturated rings. The van der Waals surface area contributed by atoms with E-state index < -0.39 is 8.80 Å². The average molecular weight is 348 g/mol. The summed E-state index contributed by atoms with van der Waals surface area (Å²) in [6, 6.07) is 0. The van der Waals surface area contributed by atoms with E-state index in [9.17, 15) is 0 Å². The Bertz CT molecular complexity index is 237. The van der Waals surface area contributed by atoms with Crippen LogP contribution in [-0.4, -0.2) is 35.2 Å². The fourth-order valence-corrected chi connectivity index (χ4v) is 5.86. The minimum Gasteiger partial charge on any atom is -0.374 e. The Morgan fingerprint density at radius 1 is 0.696 bits per heavy atom. The van der Waals surface area contributed by atoms with Gasteiger partial charge in [-0.1, -0.05) is 51.9 Å². The first kappa shape index (κ1) is 23.1. The summed E-state index contributed by atoms with van der Waals surface area (Å²) in [5.74, 6) is 0. The average Bonchev–Trinajstić information content (AvgIpc) is 2.53. The largest absolute Gasteiger partial charge is 0.503 e. The Kier molecular flexibility index (Phi) is 15.6. The van der Waals surface area contributed by atoms with Crippen molar-refractivity contribution in [3.63, 3.8) is 0 Å². The van der Waals surface area contributed by atoms with Crippen molar-refractivity contribution < 1.29 is 13.3 Å². The van der Waals surface area contributed by atoms with Crippen LogP contribution in [0.4, 0.5) is 0 Å². The predicted molar refractivity (Wildman–Crippen MR) is 101 cm³/mol. The molecule has 0 amide bonds. The van der Waals surface area contributed by atoms with E-state index in [4.69, 9.17) is 19.0 Å². The van der Waals surface area contributed by atoms with Crippen LogP contribution in [0.3, 0.4) is 0 Å². The van der Waals surface area contributed by atoms with Gasteiger partial charge in [-0.25, -0.2) is 0 Å². The van der Waals surface area contributed by atoms with Crippen molar-refractivity contribution in [1.82, 2.24) is 0 Å². The van der Waals surface area contributed by atoms with Gasteiger partial charge in [-0.3, -0.25) is 0 Å². The van der Waals surface area contributed by atoms with Crippen LogP contribution >= 0.6 is 0 Å². The molecule has 23 heavy (non-hydrogen) atoms. The number of hydrogen-bond donors (Lipinski definition) is 1. The van der Waals surface area contributed by atoms with Gasteiger partial charge in [-0.2, -0.15) is 0 Å². The molecule has 0 aliphatic heterocycles. The molecule has 2 N–H and O–H groups in total. The number of nitrogens with two attached hydrogens (primary N) is 1. The third kappa shape index (κ3) is 10.5. The highest BCUT2D eigenvalue weighted by Gasteiger charge is 2.46. The van der Waals surface area contributed by atoms with Crippen molar-refractivity contribution in [3.8, 4) is 0 Å². The van der Waals surface area contributed by atoms with Crippen molar-refractivity contribution in [2.75, 3.05) is 26.4 Å². The zero-order chi connectivity index (χ0) is 17.4. The van der Waals surface area contributed by atoms with E-state index in [1.165, 1.54) is 51.4 Å². The summed E-state index contributed by atoms with van der Waals surface area (Å²) in [7, 11) is -2.50. The van der Waals surface area contributed by atoms with Gasteiger partial charge in [-0.05, 0) is 40.2 Å². The van der Waals surface area contributed by atoms with E-state index in [1.54, 1.807) is 0 Å². The summed E-state index contributed by atoms with van der Waals surface area (Å²) in [5.41, 5.74) is 5.89. The molecule has 0 radical (unpaired) electrons. The van der Waals surface area contributed by atoms with E-state index >= 15 is 0 Å². The van der Waals surface area contributed by atoms with E-state index in [-0.39, 0.29) is 0 Å². The number of unbranched alkanes of at least 4 members (excludes halogenated alkanes) is 7. The minimum absolute atomic E-state index is 0.381. The van der Waals surface area contributed by atoms with Crippen molar-refractivity contribution in [2.45, 2.75) is 91.0 Å². The van der Waals surface area contributed by atoms with Gasteiger partial charge in [0.25, 0.3) is 0 Å². The summed E-state index contributed by atoms with van der Waals surface area (Å²) < 4.78 is 18.0. The molecule has 5 heteroatoms. The summed E-state index contributed by atoms with van der Waals surface area (Å²) in [6.45, 7) is 11.1. The van der Waals surface area contributed by atoms with Crippen molar-refractivity contribution in [2.24, 2.45) is 5.73 Å². The first-order chi connectivity index (χ1) is 11.2. The topological polar surface area (TPSA) is 53.7 Å². The lowest BCUT2D eigenvalue weighted by Gasteiger charge is -2.33. The Balaban J connectivity index is 3.96. The maximum absolute atomic E-state index is 5.99. The van der Waals surface area contributed by atoms with Gasteiger partial charge in [0.2, 0.25) is 0 Å². The molecular formula is C18H41NO3Si. The molecule has 1 atom stereocenters. The molecule has 0 rings (SSSR count). The van der Waals surface area contributed by atoms with Crippen LogP contribution in [0.15, 0.2) is 0 Å². The SMILES string of the molecule is CCO[Si](OCC)(OCC)C(C)CCCCCCCCCCN. The monoisotopic (exact) mass is 347 g/mol. The summed E-state index contributed by atoms with van der Waals surface area (Å²) in [5, 5.41) is 0. The molecule has 0 heterocycles. The second kappa shape index (κ2) is 15.6. The Morgan fingerprint density at radius 2 is 1.09 bits per heavy atom. The van der Waals surface area contributed by atoms with E-state index in [2.05, 4.69) is 6.92 Å². The molecule has 4 nitrogen and oxygen atoms in total. The van der Waals surface area contributed by atoms with Gasteiger partial charge in [0.15, 0.2) is 0 Å². The molecule has 0 spiro atoms. The predicted octanol–water partition coefficient (Wildman–Crippen LogP) is 4.89. The molecule has 0 aromatic heterocycles. The van der Waals surface area contributed by atoms with Crippen molar-refractivity contribution >= 4 is 8.80 Å². The first-order valence-corrected chi connectivity index (χ1v) is 11.6. The van der Waals surface area contributed by atoms with Gasteiger partial charge >= 0.3 is 8.80 Å². The number of rotatable bonds is 17. The molecule has 0 aromatic rings. The maximum atomic E-state index is 5.99. The lowest BCUT2D eigenvalue weighted by Crippen LogP contribution is -2.49. The summed E-state index contributed by atoms with van der Waals surface area (Å²) >= 11 is 0. The molecule has 0 bridgehead atoms. The molecular weight excluding hydrogens is 306 g/mol. The smallest absolute Gasteiger partial charge is 0.374 e. The zero-order valence-electron chi connectivity index (χ0n) is 16.1. The van der Waals surface area contributed by atoms with Crippen LogP contribution < -0.4 is 5.73 Å². The summed E-state index contributed by atoms with van der Waals surface area (Å²) in [4.78, 5) is 0. The van der Waals surface area contributed by atoms with Crippen LogP contribution in [0.2, 0.25) is 5.54 Å². The van der Waals surface area contributed by atoms with Gasteiger partial charge in [0, 0.05) is 25.4 Å². The van der Waals surface area contributed by atoms with E-state index in [0.717, 1.165) is 13.0 Å². The molecule has 0 aliphatic rings. The highest BCUT2D eigenvalue weighted by molar-refractivity contribution is 6.62. The third-order valence-corrected chi connectivity index (χ3v) is 7.80. The first-order valence-electron chi connectivity index (χ1n) is 9.78. The minimum atomic E-state index is -2.50. The fraction of sp³-hybridized carbons (Fsp3) is 1.00. The lowest BCUT2D eigenvalue weighted by atomic mass is 10.1. The van der Waals surface area contributed by atoms with Gasteiger partial charge in [0.1, 0.15) is 0 Å². The van der Waals surface area contributed by atoms with Gasteiger partial charge in [-0.15, -0.1) is 0 Å². The van der Waals surface area contributed by atoms with Crippen LogP contribution in [0.5, 0.6) is 0 Å². The fourth-order valence-electron chi connectivity index (χ4n) is 2.99. The Morgan fingerprint density at radius 3 is 1.48 bits per heavy atom. The van der Waals surface area contributed by atoms with Crippen LogP contribution in [-0.2, 0) is 13.3 Å². The zero-order valence-corrected chi connectivity index (χ0v) is 17.1. The second-order valence-electron chi connectivity index (χ2n) is 6.21. The van der Waals surface area contributed by atoms with E-state index in [1.807, 2.05) is 20.8 Å². The van der Waals surface area contributed by atoms with Crippen molar-refractivity contribution in [1.29, 1.82) is 0 Å². The standard InChI is InChI=1S/C18H41NO3Si/c1-5-20-23(21-6-2,22-7-3)18(4)16-14-12-10-8-9-11-13-15-17-19/h18H,5-17,19H2,1-4H3. The molecule has 140 valence electrons. The van der Waals surface area contributed by atoms with Gasteiger partial charge in [0.05, 0.1) is 0 Å². The highest BCUT2D eigenvalue weighted by Crippen LogP contribution is 2.30. The molecule has 0 aliphatic carbocycles. The molecule has 0 saturated heterocycles. The molecule has 1 unspecified atom stereocenters. The van der Waals surface area contributed by atoms with Crippen LogP contribution in [0, 0.1) is 0 Å². The maximum Gasteiger partial charge on any atom is 0.503 e. The highest BCUT2D eigenvalue weighted by atomic mass is 28.4. The molecule has 0 saturated carbocycles. The Labute approximate surface area is 145 Å². The van der Waals surface area contributed by atoms with Crippen LogP contribution in [0.1, 0.15) is 85.5 Å². The molecule has 0 aromatic carbocycles. The quantitative estimate of drug-likeness (QED) is 0.300. The number of hydrogen-bond acceptors (Lipinski definition) is 4. The Hall–Kier alpha value is 0.0569. The van der Waals surface area contributed by atoms with E-state index in [0.29, 0.717) is 25.4 Å².